The van der Waals surface area contributed by atoms with Crippen LogP contribution in [0.5, 0.6) is 11.6 Å². The van der Waals surface area contributed by atoms with Crippen molar-refractivity contribution in [2.24, 2.45) is 0 Å². The Kier molecular flexibility index (Phi) is 2.75. The fourth-order valence-electron chi connectivity index (χ4n) is 1.66. The van der Waals surface area contributed by atoms with Crippen LogP contribution in [0.15, 0.2) is 67.4 Å². The first-order valence-electron chi connectivity index (χ1n) is 5.60. The molecule has 1 aromatic carbocycles. The summed E-state index contributed by atoms with van der Waals surface area (Å²) in [4.78, 5) is 8.29. The van der Waals surface area contributed by atoms with Gasteiger partial charge < -0.3 is 9.30 Å². The van der Waals surface area contributed by atoms with Crippen molar-refractivity contribution >= 4 is 0 Å². The first-order chi connectivity index (χ1) is 8.93. The molecule has 0 unspecified atom stereocenters. The van der Waals surface area contributed by atoms with Crippen molar-refractivity contribution in [2.75, 3.05) is 0 Å². The molecule has 0 bridgehead atoms. The molecule has 4 nitrogen and oxygen atoms in total. The topological polar surface area (TPSA) is 39.9 Å². The Morgan fingerprint density at radius 1 is 0.944 bits per heavy atom. The highest BCUT2D eigenvalue weighted by molar-refractivity contribution is 5.43. The van der Waals surface area contributed by atoms with Crippen LogP contribution in [0, 0.1) is 0 Å². The van der Waals surface area contributed by atoms with E-state index in [4.69, 9.17) is 4.74 Å². The van der Waals surface area contributed by atoms with Crippen LogP contribution in [0.1, 0.15) is 0 Å². The fourth-order valence-corrected chi connectivity index (χ4v) is 1.66. The molecule has 0 saturated heterocycles. The van der Waals surface area contributed by atoms with Gasteiger partial charge in [0.15, 0.2) is 0 Å². The summed E-state index contributed by atoms with van der Waals surface area (Å²) < 4.78 is 7.64. The number of ether oxygens (including phenoxy) is 1. The van der Waals surface area contributed by atoms with Gasteiger partial charge in [-0.2, -0.15) is 0 Å². The average molecular weight is 237 g/mol. The molecule has 3 aromatic rings. The second-order valence-corrected chi connectivity index (χ2v) is 3.71. The minimum Gasteiger partial charge on any atom is -0.437 e. The molecule has 18 heavy (non-hydrogen) atoms. The molecular weight excluding hydrogens is 226 g/mol. The number of para-hydroxylation sites is 1. The summed E-state index contributed by atoms with van der Waals surface area (Å²) >= 11 is 0. The van der Waals surface area contributed by atoms with Crippen LogP contribution >= 0.6 is 0 Å². The minimum absolute atomic E-state index is 0.557. The summed E-state index contributed by atoms with van der Waals surface area (Å²) in [5, 5.41) is 0. The Morgan fingerprint density at radius 2 is 1.83 bits per heavy atom. The monoisotopic (exact) mass is 237 g/mol. The van der Waals surface area contributed by atoms with Crippen LogP contribution in [-0.4, -0.2) is 14.5 Å². The molecule has 0 N–H and O–H groups in total. The van der Waals surface area contributed by atoms with Crippen LogP contribution in [0.3, 0.4) is 0 Å². The number of pyridine rings is 1. The predicted molar refractivity (Wildman–Crippen MR) is 67.9 cm³/mol. The molecule has 3 rings (SSSR count). The molecule has 4 heteroatoms. The van der Waals surface area contributed by atoms with E-state index in [0.717, 1.165) is 11.4 Å². The Hall–Kier alpha value is -2.62. The Morgan fingerprint density at radius 3 is 2.61 bits per heavy atom. The van der Waals surface area contributed by atoms with E-state index in [1.807, 2.05) is 53.2 Å². The molecule has 0 saturated carbocycles. The lowest BCUT2D eigenvalue weighted by atomic mass is 10.3. The first kappa shape index (κ1) is 10.5. The first-order valence-corrected chi connectivity index (χ1v) is 5.60. The summed E-state index contributed by atoms with van der Waals surface area (Å²) in [7, 11) is 0. The second-order valence-electron chi connectivity index (χ2n) is 3.71. The van der Waals surface area contributed by atoms with Gasteiger partial charge in [-0.1, -0.05) is 18.2 Å². The number of nitrogens with zero attached hydrogens (tertiary/aromatic N) is 3. The summed E-state index contributed by atoms with van der Waals surface area (Å²) in [5.74, 6) is 1.32. The van der Waals surface area contributed by atoms with E-state index in [-0.39, 0.29) is 0 Å². The van der Waals surface area contributed by atoms with Gasteiger partial charge in [-0.15, -0.1) is 0 Å². The third kappa shape index (κ3) is 2.08. The SMILES string of the molecule is c1ccc(Oc2ncccc2-n2ccnc2)cc1. The van der Waals surface area contributed by atoms with Crippen LogP contribution in [0.25, 0.3) is 5.69 Å². The highest BCUT2D eigenvalue weighted by atomic mass is 16.5. The average Bonchev–Trinajstić information content (AvgIpc) is 2.94. The summed E-state index contributed by atoms with van der Waals surface area (Å²) in [6.45, 7) is 0. The zero-order valence-electron chi connectivity index (χ0n) is 9.60. The maximum absolute atomic E-state index is 5.77. The third-order valence-electron chi connectivity index (χ3n) is 2.49. The van der Waals surface area contributed by atoms with Crippen molar-refractivity contribution in [2.45, 2.75) is 0 Å². The van der Waals surface area contributed by atoms with E-state index in [1.165, 1.54) is 0 Å². The zero-order chi connectivity index (χ0) is 12.2. The smallest absolute Gasteiger partial charge is 0.243 e. The quantitative estimate of drug-likeness (QED) is 0.702. The van der Waals surface area contributed by atoms with Crippen molar-refractivity contribution in [3.8, 4) is 17.3 Å². The lowest BCUT2D eigenvalue weighted by Crippen LogP contribution is -1.97. The van der Waals surface area contributed by atoms with Crippen molar-refractivity contribution in [3.05, 3.63) is 67.4 Å². The molecule has 0 amide bonds. The van der Waals surface area contributed by atoms with Crippen LogP contribution in [0.4, 0.5) is 0 Å². The van der Waals surface area contributed by atoms with Gasteiger partial charge in [-0.05, 0) is 24.3 Å². The molecule has 0 aliphatic rings. The zero-order valence-corrected chi connectivity index (χ0v) is 9.60. The molecule has 0 radical (unpaired) electrons. The van der Waals surface area contributed by atoms with E-state index in [1.54, 1.807) is 18.7 Å². The van der Waals surface area contributed by atoms with Gasteiger partial charge in [0.2, 0.25) is 5.88 Å². The van der Waals surface area contributed by atoms with Gasteiger partial charge in [-0.3, -0.25) is 0 Å². The van der Waals surface area contributed by atoms with Crippen LogP contribution in [0.2, 0.25) is 0 Å². The highest BCUT2D eigenvalue weighted by Crippen LogP contribution is 2.25. The van der Waals surface area contributed by atoms with Crippen molar-refractivity contribution < 1.29 is 4.74 Å². The molecule has 2 heterocycles. The van der Waals surface area contributed by atoms with Crippen molar-refractivity contribution in [1.82, 2.24) is 14.5 Å². The Bertz CT molecular complexity index is 621. The van der Waals surface area contributed by atoms with Crippen LogP contribution < -0.4 is 4.74 Å². The molecule has 0 spiro atoms. The fraction of sp³-hybridized carbons (Fsp3) is 0. The molecule has 2 aromatic heterocycles. The second kappa shape index (κ2) is 4.71. The normalized spacial score (nSPS) is 10.2. The largest absolute Gasteiger partial charge is 0.437 e. The molecule has 0 fully saturated rings. The number of imidazole rings is 1. The van der Waals surface area contributed by atoms with E-state index in [2.05, 4.69) is 9.97 Å². The number of benzene rings is 1. The van der Waals surface area contributed by atoms with Gasteiger partial charge in [0.25, 0.3) is 0 Å². The van der Waals surface area contributed by atoms with E-state index in [9.17, 15) is 0 Å². The maximum atomic E-state index is 5.77. The Balaban J connectivity index is 1.98. The van der Waals surface area contributed by atoms with Crippen molar-refractivity contribution in [3.63, 3.8) is 0 Å². The lowest BCUT2D eigenvalue weighted by Gasteiger charge is -2.09. The van der Waals surface area contributed by atoms with Gasteiger partial charge >= 0.3 is 0 Å². The number of hydrogen-bond donors (Lipinski definition) is 0. The molecule has 0 aliphatic carbocycles. The molecule has 88 valence electrons. The van der Waals surface area contributed by atoms with Gasteiger partial charge in [0.05, 0.1) is 6.33 Å². The molecular formula is C14H11N3O. The number of rotatable bonds is 3. The summed E-state index contributed by atoms with van der Waals surface area (Å²) in [6, 6.07) is 13.4. The Labute approximate surface area is 105 Å². The van der Waals surface area contributed by atoms with Crippen molar-refractivity contribution in [1.29, 1.82) is 0 Å². The summed E-state index contributed by atoms with van der Waals surface area (Å²) in [5.41, 5.74) is 0.860. The maximum Gasteiger partial charge on any atom is 0.243 e. The lowest BCUT2D eigenvalue weighted by molar-refractivity contribution is 0.460. The molecule has 0 atom stereocenters. The van der Waals surface area contributed by atoms with Gasteiger partial charge in [0.1, 0.15) is 11.4 Å². The summed E-state index contributed by atoms with van der Waals surface area (Å²) in [6.07, 6.45) is 7.00. The number of aromatic nitrogens is 3. The van der Waals surface area contributed by atoms with Crippen LogP contribution in [-0.2, 0) is 0 Å². The molecule has 0 aliphatic heterocycles. The van der Waals surface area contributed by atoms with Gasteiger partial charge in [-0.25, -0.2) is 9.97 Å². The standard InChI is InChI=1S/C14H11N3O/c1-2-5-12(6-3-1)18-14-13(7-4-8-16-14)17-10-9-15-11-17/h1-11H. The minimum atomic E-state index is 0.557. The third-order valence-corrected chi connectivity index (χ3v) is 2.49. The predicted octanol–water partition coefficient (Wildman–Crippen LogP) is 3.06. The number of hydrogen-bond acceptors (Lipinski definition) is 3. The van der Waals surface area contributed by atoms with E-state index in [0.29, 0.717) is 5.88 Å². The highest BCUT2D eigenvalue weighted by Gasteiger charge is 2.07. The van der Waals surface area contributed by atoms with E-state index >= 15 is 0 Å². The van der Waals surface area contributed by atoms with Gasteiger partial charge in [0, 0.05) is 18.6 Å². The van der Waals surface area contributed by atoms with E-state index < -0.39 is 0 Å².